The van der Waals surface area contributed by atoms with Gasteiger partial charge in [-0.25, -0.2) is 0 Å². The molecule has 0 radical (unpaired) electrons. The minimum Gasteiger partial charge on any atom is -0.390 e. The highest BCUT2D eigenvalue weighted by Gasteiger charge is 2.25. The van der Waals surface area contributed by atoms with Gasteiger partial charge in [-0.05, 0) is 25.2 Å². The molecule has 0 aliphatic heterocycles. The predicted octanol–water partition coefficient (Wildman–Crippen LogP) is 1.57. The number of hydrogen-bond donors (Lipinski definition) is 1. The molecular formula is C9H18O2. The second kappa shape index (κ2) is 4.07. The quantitative estimate of drug-likeness (QED) is 0.675. The first-order valence-corrected chi connectivity index (χ1v) is 4.50. The largest absolute Gasteiger partial charge is 0.390 e. The molecule has 66 valence electrons. The van der Waals surface area contributed by atoms with Crippen molar-refractivity contribution in [3.63, 3.8) is 0 Å². The molecule has 2 heteroatoms. The van der Waals surface area contributed by atoms with E-state index < -0.39 is 0 Å². The third kappa shape index (κ3) is 2.80. The van der Waals surface area contributed by atoms with E-state index in [9.17, 15) is 5.11 Å². The van der Waals surface area contributed by atoms with E-state index in [4.69, 9.17) is 4.74 Å². The minimum atomic E-state index is -0.200. The Hall–Kier alpha value is -0.0800. The summed E-state index contributed by atoms with van der Waals surface area (Å²) in [6.07, 6.45) is 2.99. The predicted molar refractivity (Wildman–Crippen MR) is 44.4 cm³/mol. The Kier molecular flexibility index (Phi) is 3.34. The van der Waals surface area contributed by atoms with Gasteiger partial charge in [0.2, 0.25) is 0 Å². The zero-order valence-electron chi connectivity index (χ0n) is 7.42. The maximum atomic E-state index is 9.38. The van der Waals surface area contributed by atoms with Crippen LogP contribution < -0.4 is 0 Å². The lowest BCUT2D eigenvalue weighted by Gasteiger charge is -2.16. The third-order valence-corrected chi connectivity index (χ3v) is 2.06. The van der Waals surface area contributed by atoms with Crippen LogP contribution in [0.25, 0.3) is 0 Å². The topological polar surface area (TPSA) is 29.5 Å². The summed E-state index contributed by atoms with van der Waals surface area (Å²) in [6, 6.07) is 0. The standard InChI is InChI=1S/C9H18O2/c1-7(2)6-11-9-5-3-4-8(9)10/h7-10H,3-6H2,1-2H3/t8-,9+/m0/s1. The van der Waals surface area contributed by atoms with Gasteiger partial charge >= 0.3 is 0 Å². The Balaban J connectivity index is 2.15. The Morgan fingerprint density at radius 3 is 2.64 bits per heavy atom. The fraction of sp³-hybridized carbons (Fsp3) is 1.00. The maximum absolute atomic E-state index is 9.38. The van der Waals surface area contributed by atoms with Crippen LogP contribution in [-0.2, 0) is 4.74 Å². The fourth-order valence-electron chi connectivity index (χ4n) is 1.42. The van der Waals surface area contributed by atoms with E-state index in [0.717, 1.165) is 25.9 Å². The van der Waals surface area contributed by atoms with Crippen LogP contribution >= 0.6 is 0 Å². The molecule has 1 fully saturated rings. The Labute approximate surface area is 68.6 Å². The summed E-state index contributed by atoms with van der Waals surface area (Å²) in [5.41, 5.74) is 0. The van der Waals surface area contributed by atoms with E-state index in [2.05, 4.69) is 13.8 Å². The molecule has 0 spiro atoms. The van der Waals surface area contributed by atoms with Crippen LogP contribution in [0.3, 0.4) is 0 Å². The summed E-state index contributed by atoms with van der Waals surface area (Å²) in [7, 11) is 0. The van der Waals surface area contributed by atoms with Crippen molar-refractivity contribution >= 4 is 0 Å². The maximum Gasteiger partial charge on any atom is 0.0834 e. The van der Waals surface area contributed by atoms with Crippen LogP contribution in [-0.4, -0.2) is 23.9 Å². The molecule has 11 heavy (non-hydrogen) atoms. The summed E-state index contributed by atoms with van der Waals surface area (Å²) in [4.78, 5) is 0. The molecule has 2 atom stereocenters. The summed E-state index contributed by atoms with van der Waals surface area (Å²) in [5.74, 6) is 0.572. The zero-order chi connectivity index (χ0) is 8.27. The molecule has 1 aliphatic rings. The number of rotatable bonds is 3. The van der Waals surface area contributed by atoms with Crippen molar-refractivity contribution < 1.29 is 9.84 Å². The molecule has 1 rings (SSSR count). The Morgan fingerprint density at radius 1 is 1.45 bits per heavy atom. The van der Waals surface area contributed by atoms with E-state index >= 15 is 0 Å². The van der Waals surface area contributed by atoms with E-state index in [-0.39, 0.29) is 12.2 Å². The Bertz CT molecular complexity index is 112. The molecule has 0 amide bonds. The third-order valence-electron chi connectivity index (χ3n) is 2.06. The highest BCUT2D eigenvalue weighted by molar-refractivity contribution is 4.76. The molecule has 1 N–H and O–H groups in total. The van der Waals surface area contributed by atoms with E-state index in [0.29, 0.717) is 5.92 Å². The lowest BCUT2D eigenvalue weighted by molar-refractivity contribution is -0.0282. The molecule has 1 saturated carbocycles. The summed E-state index contributed by atoms with van der Waals surface area (Å²) in [6.45, 7) is 5.03. The summed E-state index contributed by atoms with van der Waals surface area (Å²) in [5, 5.41) is 9.38. The fourth-order valence-corrected chi connectivity index (χ4v) is 1.42. The van der Waals surface area contributed by atoms with Gasteiger partial charge in [-0.3, -0.25) is 0 Å². The first-order valence-electron chi connectivity index (χ1n) is 4.50. The number of aliphatic hydroxyl groups is 1. The van der Waals surface area contributed by atoms with E-state index in [1.807, 2.05) is 0 Å². The highest BCUT2D eigenvalue weighted by atomic mass is 16.5. The van der Waals surface area contributed by atoms with Gasteiger partial charge < -0.3 is 9.84 Å². The highest BCUT2D eigenvalue weighted by Crippen LogP contribution is 2.22. The van der Waals surface area contributed by atoms with Crippen molar-refractivity contribution in [3.8, 4) is 0 Å². The lowest BCUT2D eigenvalue weighted by Crippen LogP contribution is -2.24. The van der Waals surface area contributed by atoms with Crippen LogP contribution in [0.2, 0.25) is 0 Å². The van der Waals surface area contributed by atoms with Crippen molar-refractivity contribution in [1.82, 2.24) is 0 Å². The zero-order valence-corrected chi connectivity index (χ0v) is 7.42. The monoisotopic (exact) mass is 158 g/mol. The molecule has 0 heterocycles. The number of ether oxygens (including phenoxy) is 1. The second-order valence-electron chi connectivity index (χ2n) is 3.76. The van der Waals surface area contributed by atoms with Gasteiger partial charge in [0.25, 0.3) is 0 Å². The molecule has 0 saturated heterocycles. The summed E-state index contributed by atoms with van der Waals surface area (Å²) < 4.78 is 5.53. The van der Waals surface area contributed by atoms with Crippen molar-refractivity contribution in [2.24, 2.45) is 5.92 Å². The molecule has 0 bridgehead atoms. The Morgan fingerprint density at radius 2 is 2.18 bits per heavy atom. The molecule has 0 unspecified atom stereocenters. The van der Waals surface area contributed by atoms with Crippen LogP contribution in [0, 0.1) is 5.92 Å². The van der Waals surface area contributed by atoms with Gasteiger partial charge in [-0.2, -0.15) is 0 Å². The van der Waals surface area contributed by atoms with Crippen LogP contribution in [0.15, 0.2) is 0 Å². The molecule has 0 aromatic rings. The number of hydrogen-bond acceptors (Lipinski definition) is 2. The molecule has 2 nitrogen and oxygen atoms in total. The summed E-state index contributed by atoms with van der Waals surface area (Å²) >= 11 is 0. The van der Waals surface area contributed by atoms with Gasteiger partial charge in [0.1, 0.15) is 0 Å². The smallest absolute Gasteiger partial charge is 0.0834 e. The van der Waals surface area contributed by atoms with Crippen LogP contribution in [0.5, 0.6) is 0 Å². The number of aliphatic hydroxyl groups excluding tert-OH is 1. The molecule has 0 aromatic heterocycles. The van der Waals surface area contributed by atoms with E-state index in [1.54, 1.807) is 0 Å². The van der Waals surface area contributed by atoms with Crippen molar-refractivity contribution in [3.05, 3.63) is 0 Å². The minimum absolute atomic E-state index is 0.123. The lowest BCUT2D eigenvalue weighted by atomic mass is 10.2. The van der Waals surface area contributed by atoms with Gasteiger partial charge in [0, 0.05) is 6.61 Å². The normalized spacial score (nSPS) is 31.6. The van der Waals surface area contributed by atoms with E-state index in [1.165, 1.54) is 0 Å². The van der Waals surface area contributed by atoms with Gasteiger partial charge in [0.15, 0.2) is 0 Å². The van der Waals surface area contributed by atoms with Crippen molar-refractivity contribution in [2.75, 3.05) is 6.61 Å². The first kappa shape index (κ1) is 9.01. The average molecular weight is 158 g/mol. The molecular weight excluding hydrogens is 140 g/mol. The van der Waals surface area contributed by atoms with Crippen molar-refractivity contribution in [2.45, 2.75) is 45.3 Å². The van der Waals surface area contributed by atoms with Crippen molar-refractivity contribution in [1.29, 1.82) is 0 Å². The SMILES string of the molecule is CC(C)CO[C@@H]1CCC[C@@H]1O. The van der Waals surface area contributed by atoms with Gasteiger partial charge in [-0.1, -0.05) is 13.8 Å². The average Bonchev–Trinajstić information content (AvgIpc) is 2.31. The van der Waals surface area contributed by atoms with Crippen LogP contribution in [0.4, 0.5) is 0 Å². The first-order chi connectivity index (χ1) is 5.20. The van der Waals surface area contributed by atoms with Gasteiger partial charge in [0.05, 0.1) is 12.2 Å². The second-order valence-corrected chi connectivity index (χ2v) is 3.76. The molecule has 1 aliphatic carbocycles. The van der Waals surface area contributed by atoms with Gasteiger partial charge in [-0.15, -0.1) is 0 Å². The molecule has 0 aromatic carbocycles. The van der Waals surface area contributed by atoms with Crippen LogP contribution in [0.1, 0.15) is 33.1 Å².